The lowest BCUT2D eigenvalue weighted by Crippen LogP contribution is -2.04. The number of rotatable bonds is 3. The summed E-state index contributed by atoms with van der Waals surface area (Å²) in [5.41, 5.74) is 3.45. The van der Waals surface area contributed by atoms with Crippen molar-refractivity contribution < 1.29 is 4.39 Å². The van der Waals surface area contributed by atoms with Gasteiger partial charge in [-0.05, 0) is 52.7 Å². The van der Waals surface area contributed by atoms with E-state index in [1.165, 1.54) is 12.1 Å². The van der Waals surface area contributed by atoms with Gasteiger partial charge in [-0.1, -0.05) is 0 Å². The van der Waals surface area contributed by atoms with Gasteiger partial charge in [0.15, 0.2) is 5.65 Å². The van der Waals surface area contributed by atoms with E-state index in [2.05, 4.69) is 25.9 Å². The second kappa shape index (κ2) is 5.73. The van der Waals surface area contributed by atoms with Crippen molar-refractivity contribution in [1.29, 1.82) is 0 Å². The largest absolute Gasteiger partial charge is 0.280 e. The number of halogens is 3. The Morgan fingerprint density at radius 2 is 2.14 bits per heavy atom. The van der Waals surface area contributed by atoms with Gasteiger partial charge in [0.05, 0.1) is 5.69 Å². The zero-order valence-corrected chi connectivity index (χ0v) is 13.6. The van der Waals surface area contributed by atoms with E-state index in [-0.39, 0.29) is 5.82 Å². The Hall–Kier alpha value is -1.46. The lowest BCUT2D eigenvalue weighted by Gasteiger charge is -2.10. The lowest BCUT2D eigenvalue weighted by atomic mass is 10.2. The highest BCUT2D eigenvalue weighted by Crippen LogP contribution is 2.28. The SMILES string of the molecule is Cc1ccnc2c1nc(CCCl)n2-c1ccc(F)cc1Br. The fourth-order valence-electron chi connectivity index (χ4n) is 2.31. The van der Waals surface area contributed by atoms with E-state index < -0.39 is 0 Å². The maximum atomic E-state index is 13.3. The van der Waals surface area contributed by atoms with E-state index in [1.54, 1.807) is 12.3 Å². The van der Waals surface area contributed by atoms with Crippen LogP contribution in [0.15, 0.2) is 34.9 Å². The minimum absolute atomic E-state index is 0.293. The van der Waals surface area contributed by atoms with Gasteiger partial charge >= 0.3 is 0 Å². The molecule has 0 unspecified atom stereocenters. The summed E-state index contributed by atoms with van der Waals surface area (Å²) in [5.74, 6) is 0.980. The topological polar surface area (TPSA) is 30.7 Å². The van der Waals surface area contributed by atoms with Crippen molar-refractivity contribution in [2.75, 3.05) is 5.88 Å². The monoisotopic (exact) mass is 367 g/mol. The number of aromatic nitrogens is 3. The second-order valence-electron chi connectivity index (χ2n) is 4.70. The average Bonchev–Trinajstić information content (AvgIpc) is 2.79. The van der Waals surface area contributed by atoms with E-state index in [9.17, 15) is 4.39 Å². The summed E-state index contributed by atoms with van der Waals surface area (Å²) in [6.07, 6.45) is 2.36. The molecule has 0 amide bonds. The van der Waals surface area contributed by atoms with Crippen LogP contribution in [0.1, 0.15) is 11.4 Å². The molecule has 0 bridgehead atoms. The molecule has 1 aromatic carbocycles. The molecule has 0 fully saturated rings. The van der Waals surface area contributed by atoms with Gasteiger partial charge in [0.1, 0.15) is 17.2 Å². The van der Waals surface area contributed by atoms with E-state index >= 15 is 0 Å². The number of hydrogen-bond acceptors (Lipinski definition) is 2. The number of imidazole rings is 1. The summed E-state index contributed by atoms with van der Waals surface area (Å²) in [6.45, 7) is 1.99. The maximum Gasteiger partial charge on any atom is 0.164 e. The molecule has 21 heavy (non-hydrogen) atoms. The van der Waals surface area contributed by atoms with Crippen LogP contribution in [0.4, 0.5) is 4.39 Å². The molecule has 0 aliphatic carbocycles. The third-order valence-electron chi connectivity index (χ3n) is 3.29. The molecule has 108 valence electrons. The van der Waals surface area contributed by atoms with Gasteiger partial charge in [0, 0.05) is 23.0 Å². The Bertz CT molecular complexity index is 816. The van der Waals surface area contributed by atoms with Crippen LogP contribution in [0, 0.1) is 12.7 Å². The zero-order valence-electron chi connectivity index (χ0n) is 11.3. The summed E-state index contributed by atoms with van der Waals surface area (Å²) in [5, 5.41) is 0. The van der Waals surface area contributed by atoms with E-state index in [0.29, 0.717) is 16.8 Å². The fourth-order valence-corrected chi connectivity index (χ4v) is 3.00. The molecule has 3 aromatic rings. The molecule has 0 saturated heterocycles. The van der Waals surface area contributed by atoms with E-state index in [4.69, 9.17) is 11.6 Å². The smallest absolute Gasteiger partial charge is 0.164 e. The first-order chi connectivity index (χ1) is 10.1. The zero-order chi connectivity index (χ0) is 15.0. The molecule has 0 radical (unpaired) electrons. The molecular formula is C15H12BrClFN3. The third kappa shape index (κ3) is 2.56. The Labute approximate surface area is 134 Å². The summed E-state index contributed by atoms with van der Waals surface area (Å²) < 4.78 is 15.9. The molecule has 0 atom stereocenters. The van der Waals surface area contributed by atoms with Gasteiger partial charge in [-0.25, -0.2) is 14.4 Å². The van der Waals surface area contributed by atoms with Gasteiger partial charge < -0.3 is 0 Å². The van der Waals surface area contributed by atoms with Crippen molar-refractivity contribution >= 4 is 38.7 Å². The number of nitrogens with zero attached hydrogens (tertiary/aromatic N) is 3. The third-order valence-corrected chi connectivity index (χ3v) is 4.11. The Kier molecular flexibility index (Phi) is 3.95. The summed E-state index contributed by atoms with van der Waals surface area (Å²) in [4.78, 5) is 9.07. The van der Waals surface area contributed by atoms with Gasteiger partial charge in [0.25, 0.3) is 0 Å². The summed E-state index contributed by atoms with van der Waals surface area (Å²) >= 11 is 9.29. The van der Waals surface area contributed by atoms with Crippen LogP contribution in [0.3, 0.4) is 0 Å². The number of aryl methyl sites for hydroxylation is 2. The average molecular weight is 369 g/mol. The Balaban J connectivity index is 2.33. The molecule has 0 saturated carbocycles. The highest BCUT2D eigenvalue weighted by molar-refractivity contribution is 9.10. The molecule has 2 aromatic heterocycles. The number of fused-ring (bicyclic) bond motifs is 1. The van der Waals surface area contributed by atoms with Gasteiger partial charge in [-0.3, -0.25) is 4.57 Å². The predicted molar refractivity (Wildman–Crippen MR) is 85.7 cm³/mol. The van der Waals surface area contributed by atoms with Crippen LogP contribution in [-0.2, 0) is 6.42 Å². The van der Waals surface area contributed by atoms with Crippen LogP contribution in [-0.4, -0.2) is 20.4 Å². The number of pyridine rings is 1. The minimum atomic E-state index is -0.293. The molecule has 0 aliphatic rings. The van der Waals surface area contributed by atoms with Gasteiger partial charge in [-0.2, -0.15) is 0 Å². The summed E-state index contributed by atoms with van der Waals surface area (Å²) in [6, 6.07) is 6.49. The molecule has 2 heterocycles. The van der Waals surface area contributed by atoms with Crippen molar-refractivity contribution in [2.45, 2.75) is 13.3 Å². The van der Waals surface area contributed by atoms with Gasteiger partial charge in [0.2, 0.25) is 0 Å². The number of benzene rings is 1. The van der Waals surface area contributed by atoms with Crippen molar-refractivity contribution in [3.63, 3.8) is 0 Å². The molecule has 3 rings (SSSR count). The van der Waals surface area contributed by atoms with Crippen LogP contribution < -0.4 is 0 Å². The normalized spacial score (nSPS) is 11.2. The van der Waals surface area contributed by atoms with Crippen LogP contribution in [0.5, 0.6) is 0 Å². The van der Waals surface area contributed by atoms with Crippen LogP contribution >= 0.6 is 27.5 Å². The van der Waals surface area contributed by atoms with Crippen LogP contribution in [0.25, 0.3) is 16.9 Å². The first-order valence-electron chi connectivity index (χ1n) is 6.46. The van der Waals surface area contributed by atoms with Crippen molar-refractivity contribution in [1.82, 2.24) is 14.5 Å². The van der Waals surface area contributed by atoms with Crippen LogP contribution in [0.2, 0.25) is 0 Å². The molecule has 0 aliphatic heterocycles. The summed E-state index contributed by atoms with van der Waals surface area (Å²) in [7, 11) is 0. The molecular weight excluding hydrogens is 357 g/mol. The Morgan fingerprint density at radius 1 is 1.33 bits per heavy atom. The maximum absolute atomic E-state index is 13.3. The van der Waals surface area contributed by atoms with E-state index in [0.717, 1.165) is 28.2 Å². The van der Waals surface area contributed by atoms with Gasteiger partial charge in [-0.15, -0.1) is 11.6 Å². The number of hydrogen-bond donors (Lipinski definition) is 0. The standard InChI is InChI=1S/C15H12BrClFN3/c1-9-5-7-19-15-14(9)20-13(4-6-17)21(15)12-3-2-10(18)8-11(12)16/h2-3,5,7-8H,4,6H2,1H3. The highest BCUT2D eigenvalue weighted by atomic mass is 79.9. The Morgan fingerprint density at radius 3 is 2.86 bits per heavy atom. The quantitative estimate of drug-likeness (QED) is 0.641. The first-order valence-corrected chi connectivity index (χ1v) is 7.79. The molecule has 3 nitrogen and oxygen atoms in total. The molecule has 0 N–H and O–H groups in total. The van der Waals surface area contributed by atoms with Crippen molar-refractivity contribution in [3.05, 3.63) is 52.1 Å². The second-order valence-corrected chi connectivity index (χ2v) is 5.93. The molecule has 6 heteroatoms. The predicted octanol–water partition coefficient (Wildman–Crippen LogP) is 4.41. The number of alkyl halides is 1. The fraction of sp³-hybridized carbons (Fsp3) is 0.200. The first kappa shape index (κ1) is 14.5. The molecule has 0 spiro atoms. The minimum Gasteiger partial charge on any atom is -0.280 e. The lowest BCUT2D eigenvalue weighted by molar-refractivity contribution is 0.626. The van der Waals surface area contributed by atoms with Crippen molar-refractivity contribution in [3.8, 4) is 5.69 Å². The van der Waals surface area contributed by atoms with Crippen molar-refractivity contribution in [2.24, 2.45) is 0 Å². The van der Waals surface area contributed by atoms with E-state index in [1.807, 2.05) is 17.6 Å². The highest BCUT2D eigenvalue weighted by Gasteiger charge is 2.16.